The summed E-state index contributed by atoms with van der Waals surface area (Å²) in [7, 11) is 0. The standard InChI is InChI=1S/C20H17N3O3/c24-23(25)20-12-5-4-11-19(20)22-21-14-17-9-6-10-18(13-17)26-15-16-7-2-1-3-8-16/h1-14,22H,15H2. The predicted octanol–water partition coefficient (Wildman–Crippen LogP) is 4.62. The van der Waals surface area contributed by atoms with Crippen LogP contribution < -0.4 is 10.2 Å². The minimum absolute atomic E-state index is 0.0235. The lowest BCUT2D eigenvalue weighted by molar-refractivity contribution is -0.384. The van der Waals surface area contributed by atoms with Crippen molar-refractivity contribution in [2.24, 2.45) is 5.10 Å². The summed E-state index contributed by atoms with van der Waals surface area (Å²) in [6.07, 6.45) is 1.59. The van der Waals surface area contributed by atoms with E-state index in [-0.39, 0.29) is 5.69 Å². The summed E-state index contributed by atoms with van der Waals surface area (Å²) in [6, 6.07) is 23.7. The Kier molecular flexibility index (Phi) is 5.57. The molecule has 6 heteroatoms. The molecule has 0 aromatic heterocycles. The first-order valence-electron chi connectivity index (χ1n) is 8.01. The summed E-state index contributed by atoms with van der Waals surface area (Å²) in [5.41, 5.74) is 4.93. The van der Waals surface area contributed by atoms with E-state index in [2.05, 4.69) is 10.5 Å². The van der Waals surface area contributed by atoms with Gasteiger partial charge in [0.05, 0.1) is 11.1 Å². The Morgan fingerprint density at radius 3 is 2.58 bits per heavy atom. The van der Waals surface area contributed by atoms with Gasteiger partial charge in [-0.2, -0.15) is 5.10 Å². The van der Waals surface area contributed by atoms with Gasteiger partial charge in [-0.25, -0.2) is 0 Å². The summed E-state index contributed by atoms with van der Waals surface area (Å²) in [5.74, 6) is 0.725. The minimum atomic E-state index is -0.449. The Morgan fingerprint density at radius 1 is 1.00 bits per heavy atom. The zero-order chi connectivity index (χ0) is 18.2. The first-order valence-corrected chi connectivity index (χ1v) is 8.01. The number of ether oxygens (including phenoxy) is 1. The second-order valence-corrected chi connectivity index (χ2v) is 5.49. The Balaban J connectivity index is 1.63. The topological polar surface area (TPSA) is 76.8 Å². The summed E-state index contributed by atoms with van der Waals surface area (Å²) < 4.78 is 5.78. The van der Waals surface area contributed by atoms with Gasteiger partial charge in [0.1, 0.15) is 18.0 Å². The maximum absolute atomic E-state index is 11.0. The number of nitrogens with one attached hydrogen (secondary N) is 1. The first-order chi connectivity index (χ1) is 12.7. The number of nitrogens with zero attached hydrogens (tertiary/aromatic N) is 2. The van der Waals surface area contributed by atoms with E-state index in [0.717, 1.165) is 16.9 Å². The smallest absolute Gasteiger partial charge is 0.294 e. The third kappa shape index (κ3) is 4.67. The highest BCUT2D eigenvalue weighted by Gasteiger charge is 2.10. The van der Waals surface area contributed by atoms with E-state index in [1.165, 1.54) is 6.07 Å². The van der Waals surface area contributed by atoms with Crippen LogP contribution in [0.25, 0.3) is 0 Å². The normalized spacial score (nSPS) is 10.6. The van der Waals surface area contributed by atoms with Crippen LogP contribution in [0.3, 0.4) is 0 Å². The molecule has 0 spiro atoms. The number of nitro benzene ring substituents is 1. The molecule has 0 amide bonds. The molecule has 0 radical (unpaired) electrons. The number of anilines is 1. The molecule has 0 bridgehead atoms. The molecule has 0 saturated heterocycles. The Morgan fingerprint density at radius 2 is 1.77 bits per heavy atom. The molecule has 130 valence electrons. The molecule has 26 heavy (non-hydrogen) atoms. The van der Waals surface area contributed by atoms with Gasteiger partial charge in [0.25, 0.3) is 5.69 Å². The Hall–Kier alpha value is -3.67. The predicted molar refractivity (Wildman–Crippen MR) is 102 cm³/mol. The molecular formula is C20H17N3O3. The van der Waals surface area contributed by atoms with Gasteiger partial charge in [0.15, 0.2) is 0 Å². The molecule has 0 unspecified atom stereocenters. The Labute approximate surface area is 150 Å². The van der Waals surface area contributed by atoms with E-state index in [9.17, 15) is 10.1 Å². The van der Waals surface area contributed by atoms with Crippen LogP contribution in [-0.2, 0) is 6.61 Å². The second kappa shape index (κ2) is 8.43. The molecule has 0 heterocycles. The van der Waals surface area contributed by atoms with Gasteiger partial charge >= 0.3 is 0 Å². The number of hydrazone groups is 1. The number of hydrogen-bond donors (Lipinski definition) is 1. The van der Waals surface area contributed by atoms with Crippen molar-refractivity contribution >= 4 is 17.6 Å². The monoisotopic (exact) mass is 347 g/mol. The van der Waals surface area contributed by atoms with Crippen LogP contribution in [0.4, 0.5) is 11.4 Å². The van der Waals surface area contributed by atoms with E-state index in [1.54, 1.807) is 24.4 Å². The molecule has 6 nitrogen and oxygen atoms in total. The lowest BCUT2D eigenvalue weighted by Gasteiger charge is -2.07. The van der Waals surface area contributed by atoms with Gasteiger partial charge in [0, 0.05) is 6.07 Å². The highest BCUT2D eigenvalue weighted by atomic mass is 16.6. The van der Waals surface area contributed by atoms with Gasteiger partial charge in [-0.05, 0) is 29.3 Å². The largest absolute Gasteiger partial charge is 0.489 e. The van der Waals surface area contributed by atoms with Crippen molar-refractivity contribution in [3.8, 4) is 5.75 Å². The number of benzene rings is 3. The van der Waals surface area contributed by atoms with Crippen molar-refractivity contribution in [1.29, 1.82) is 0 Å². The van der Waals surface area contributed by atoms with E-state index in [1.807, 2.05) is 54.6 Å². The van der Waals surface area contributed by atoms with Crippen LogP contribution in [0.2, 0.25) is 0 Å². The molecule has 0 saturated carbocycles. The molecule has 0 aliphatic heterocycles. The first kappa shape index (κ1) is 17.2. The fourth-order valence-electron chi connectivity index (χ4n) is 2.33. The van der Waals surface area contributed by atoms with Crippen LogP contribution in [-0.4, -0.2) is 11.1 Å². The van der Waals surface area contributed by atoms with Crippen LogP contribution >= 0.6 is 0 Å². The lowest BCUT2D eigenvalue weighted by Crippen LogP contribution is -1.97. The number of para-hydroxylation sites is 2. The van der Waals surface area contributed by atoms with E-state index in [0.29, 0.717) is 12.3 Å². The lowest BCUT2D eigenvalue weighted by atomic mass is 10.2. The van der Waals surface area contributed by atoms with Crippen molar-refractivity contribution < 1.29 is 9.66 Å². The van der Waals surface area contributed by atoms with Crippen LogP contribution in [0, 0.1) is 10.1 Å². The quantitative estimate of drug-likeness (QED) is 0.384. The molecule has 0 aliphatic rings. The zero-order valence-corrected chi connectivity index (χ0v) is 13.9. The third-order valence-electron chi connectivity index (χ3n) is 3.61. The van der Waals surface area contributed by atoms with Crippen molar-refractivity contribution in [2.75, 3.05) is 5.43 Å². The summed E-state index contributed by atoms with van der Waals surface area (Å²) in [6.45, 7) is 0.482. The van der Waals surface area contributed by atoms with Crippen molar-refractivity contribution in [2.45, 2.75) is 6.61 Å². The second-order valence-electron chi connectivity index (χ2n) is 5.49. The van der Waals surface area contributed by atoms with Crippen molar-refractivity contribution in [1.82, 2.24) is 0 Å². The molecule has 1 N–H and O–H groups in total. The molecule has 3 aromatic carbocycles. The molecule has 0 fully saturated rings. The third-order valence-corrected chi connectivity index (χ3v) is 3.61. The van der Waals surface area contributed by atoms with E-state index < -0.39 is 4.92 Å². The summed E-state index contributed by atoms with van der Waals surface area (Å²) in [4.78, 5) is 10.5. The zero-order valence-electron chi connectivity index (χ0n) is 13.9. The fraction of sp³-hybridized carbons (Fsp3) is 0.0500. The number of hydrogen-bond acceptors (Lipinski definition) is 5. The van der Waals surface area contributed by atoms with Crippen LogP contribution in [0.1, 0.15) is 11.1 Å². The molecule has 0 atom stereocenters. The van der Waals surface area contributed by atoms with Crippen molar-refractivity contribution in [3.05, 3.63) is 100 Å². The maximum atomic E-state index is 11.0. The van der Waals surface area contributed by atoms with Gasteiger partial charge in [-0.1, -0.05) is 54.6 Å². The van der Waals surface area contributed by atoms with Crippen molar-refractivity contribution in [3.63, 3.8) is 0 Å². The van der Waals surface area contributed by atoms with Crippen LogP contribution in [0.5, 0.6) is 5.75 Å². The highest BCUT2D eigenvalue weighted by molar-refractivity contribution is 5.81. The molecule has 0 aliphatic carbocycles. The van der Waals surface area contributed by atoms with Gasteiger partial charge < -0.3 is 4.74 Å². The Bertz CT molecular complexity index is 911. The molecular weight excluding hydrogens is 330 g/mol. The van der Waals surface area contributed by atoms with E-state index >= 15 is 0 Å². The molecule has 3 rings (SSSR count). The summed E-state index contributed by atoms with van der Waals surface area (Å²) in [5, 5.41) is 15.1. The minimum Gasteiger partial charge on any atom is -0.489 e. The van der Waals surface area contributed by atoms with Crippen LogP contribution in [0.15, 0.2) is 84.0 Å². The highest BCUT2D eigenvalue weighted by Crippen LogP contribution is 2.23. The van der Waals surface area contributed by atoms with E-state index in [4.69, 9.17) is 4.74 Å². The van der Waals surface area contributed by atoms with Gasteiger partial charge in [-0.3, -0.25) is 15.5 Å². The average molecular weight is 347 g/mol. The van der Waals surface area contributed by atoms with Gasteiger partial charge in [-0.15, -0.1) is 0 Å². The number of rotatable bonds is 7. The molecule has 3 aromatic rings. The van der Waals surface area contributed by atoms with Gasteiger partial charge in [0.2, 0.25) is 0 Å². The average Bonchev–Trinajstić information content (AvgIpc) is 2.68. The summed E-state index contributed by atoms with van der Waals surface area (Å²) >= 11 is 0. The fourth-order valence-corrected chi connectivity index (χ4v) is 2.33. The maximum Gasteiger partial charge on any atom is 0.294 e. The number of nitro groups is 1. The SMILES string of the molecule is O=[N+]([O-])c1ccccc1NN=Cc1cccc(OCc2ccccc2)c1.